The number of carbonyl (C=O) groups is 1. The van der Waals surface area contributed by atoms with E-state index in [2.05, 4.69) is 29.8 Å². The number of sulfone groups is 1. The number of aryl methyl sites for hydroxylation is 1. The summed E-state index contributed by atoms with van der Waals surface area (Å²) in [6, 6.07) is 7.51. The molecule has 0 aliphatic rings. The van der Waals surface area contributed by atoms with Gasteiger partial charge < -0.3 is 9.57 Å². The number of nitrogens with one attached hydrogen (secondary N) is 1. The van der Waals surface area contributed by atoms with E-state index in [-0.39, 0.29) is 23.0 Å². The number of nitrogens with zero attached hydrogens (tertiary/aromatic N) is 5. The fourth-order valence-electron chi connectivity index (χ4n) is 2.62. The van der Waals surface area contributed by atoms with Gasteiger partial charge in [0.2, 0.25) is 5.13 Å². The van der Waals surface area contributed by atoms with E-state index in [9.17, 15) is 13.2 Å². The van der Waals surface area contributed by atoms with Crippen LogP contribution in [-0.4, -0.2) is 58.8 Å². The van der Waals surface area contributed by atoms with E-state index in [1.807, 2.05) is 0 Å². The van der Waals surface area contributed by atoms with Crippen LogP contribution in [0.25, 0.3) is 0 Å². The van der Waals surface area contributed by atoms with Gasteiger partial charge in [0, 0.05) is 43.2 Å². The lowest BCUT2D eigenvalue weighted by Gasteiger charge is -2.08. The average Bonchev–Trinajstić information content (AvgIpc) is 3.22. The zero-order valence-corrected chi connectivity index (χ0v) is 19.6. The summed E-state index contributed by atoms with van der Waals surface area (Å²) in [4.78, 5) is 30.5. The van der Waals surface area contributed by atoms with Gasteiger partial charge in [-0.2, -0.15) is 4.37 Å². The SMILES string of the molecule is COCCCS(=O)(=O)c1ccc(C(=NOCc2ncccn2)C(=O)Nc2nc(C)ns2)cc1. The molecule has 0 spiro atoms. The van der Waals surface area contributed by atoms with Gasteiger partial charge in [-0.05, 0) is 31.5 Å². The minimum Gasteiger partial charge on any atom is -0.387 e. The zero-order chi connectivity index (χ0) is 23.7. The number of rotatable bonds is 11. The summed E-state index contributed by atoms with van der Waals surface area (Å²) in [7, 11) is -1.96. The number of amides is 1. The molecule has 0 saturated carbocycles. The first-order chi connectivity index (χ1) is 15.9. The van der Waals surface area contributed by atoms with Gasteiger partial charge in [-0.25, -0.2) is 23.4 Å². The molecule has 0 aliphatic carbocycles. The van der Waals surface area contributed by atoms with Crippen molar-refractivity contribution in [2.45, 2.75) is 24.8 Å². The van der Waals surface area contributed by atoms with Crippen LogP contribution in [-0.2, 0) is 30.8 Å². The Labute approximate surface area is 195 Å². The predicted octanol–water partition coefficient (Wildman–Crippen LogP) is 2.01. The highest BCUT2D eigenvalue weighted by Crippen LogP contribution is 2.16. The number of carbonyl (C=O) groups excluding carboxylic acids is 1. The fraction of sp³-hybridized carbons (Fsp3) is 0.300. The third kappa shape index (κ3) is 7.10. The fourth-order valence-corrected chi connectivity index (χ4v) is 4.47. The monoisotopic (exact) mass is 490 g/mol. The summed E-state index contributed by atoms with van der Waals surface area (Å²) < 4.78 is 33.9. The van der Waals surface area contributed by atoms with Crippen molar-refractivity contribution in [1.29, 1.82) is 0 Å². The number of benzene rings is 1. The number of anilines is 1. The van der Waals surface area contributed by atoms with Crippen molar-refractivity contribution in [2.24, 2.45) is 5.16 Å². The molecule has 0 aliphatic heterocycles. The van der Waals surface area contributed by atoms with Crippen LogP contribution in [0.4, 0.5) is 5.13 Å². The molecule has 1 aromatic carbocycles. The van der Waals surface area contributed by atoms with Crippen LogP contribution in [0.5, 0.6) is 0 Å². The Morgan fingerprint density at radius 2 is 1.91 bits per heavy atom. The molecule has 13 heteroatoms. The van der Waals surface area contributed by atoms with Gasteiger partial charge in [0.05, 0.1) is 10.6 Å². The van der Waals surface area contributed by atoms with Crippen molar-refractivity contribution in [1.82, 2.24) is 19.3 Å². The summed E-state index contributed by atoms with van der Waals surface area (Å²) in [5.74, 6) is 0.279. The normalized spacial score (nSPS) is 11.9. The van der Waals surface area contributed by atoms with Crippen molar-refractivity contribution in [2.75, 3.05) is 24.8 Å². The van der Waals surface area contributed by atoms with Gasteiger partial charge in [0.25, 0.3) is 5.91 Å². The molecule has 0 atom stereocenters. The maximum absolute atomic E-state index is 12.9. The van der Waals surface area contributed by atoms with E-state index in [1.54, 1.807) is 25.4 Å². The number of hydrogen-bond acceptors (Lipinski definition) is 11. The molecule has 0 saturated heterocycles. The number of ether oxygens (including phenoxy) is 1. The zero-order valence-electron chi connectivity index (χ0n) is 18.0. The summed E-state index contributed by atoms with van der Waals surface area (Å²) >= 11 is 1.03. The lowest BCUT2D eigenvalue weighted by molar-refractivity contribution is -0.110. The van der Waals surface area contributed by atoms with E-state index in [4.69, 9.17) is 9.57 Å². The molecular weight excluding hydrogens is 468 g/mol. The highest BCUT2D eigenvalue weighted by Gasteiger charge is 2.20. The number of aromatic nitrogens is 4. The van der Waals surface area contributed by atoms with Crippen LogP contribution in [0.2, 0.25) is 0 Å². The second kappa shape index (κ2) is 11.5. The molecule has 174 valence electrons. The molecular formula is C20H22N6O5S2. The summed E-state index contributed by atoms with van der Waals surface area (Å²) in [6.07, 6.45) is 3.51. The van der Waals surface area contributed by atoms with Gasteiger partial charge in [-0.15, -0.1) is 0 Å². The predicted molar refractivity (Wildman–Crippen MR) is 122 cm³/mol. The second-order valence-electron chi connectivity index (χ2n) is 6.67. The molecule has 33 heavy (non-hydrogen) atoms. The Morgan fingerprint density at radius 1 is 1.18 bits per heavy atom. The molecule has 11 nitrogen and oxygen atoms in total. The van der Waals surface area contributed by atoms with Crippen LogP contribution in [0, 0.1) is 6.92 Å². The quantitative estimate of drug-likeness (QED) is 0.242. The molecule has 0 unspecified atom stereocenters. The number of methoxy groups -OCH3 is 1. The third-order valence-electron chi connectivity index (χ3n) is 4.18. The summed E-state index contributed by atoms with van der Waals surface area (Å²) in [5, 5.41) is 6.88. The number of hydrogen-bond donors (Lipinski definition) is 1. The van der Waals surface area contributed by atoms with Crippen molar-refractivity contribution >= 4 is 38.1 Å². The van der Waals surface area contributed by atoms with Crippen LogP contribution in [0.3, 0.4) is 0 Å². The summed E-state index contributed by atoms with van der Waals surface area (Å²) in [5.41, 5.74) is 0.292. The molecule has 1 N–H and O–H groups in total. The largest absolute Gasteiger partial charge is 0.387 e. The molecule has 3 rings (SSSR count). The molecule has 0 bridgehead atoms. The first-order valence-corrected chi connectivity index (χ1v) is 12.2. The van der Waals surface area contributed by atoms with Gasteiger partial charge >= 0.3 is 0 Å². The van der Waals surface area contributed by atoms with Gasteiger partial charge in [0.1, 0.15) is 5.82 Å². The molecule has 3 aromatic rings. The van der Waals surface area contributed by atoms with Crippen molar-refractivity contribution in [3.63, 3.8) is 0 Å². The minimum atomic E-state index is -3.48. The third-order valence-corrected chi connectivity index (χ3v) is 6.72. The first kappa shape index (κ1) is 24.4. The van der Waals surface area contributed by atoms with Crippen molar-refractivity contribution in [3.8, 4) is 0 Å². The molecule has 2 aromatic heterocycles. The van der Waals surface area contributed by atoms with Gasteiger partial charge in [-0.3, -0.25) is 10.1 Å². The highest BCUT2D eigenvalue weighted by atomic mass is 32.2. The molecule has 0 fully saturated rings. The van der Waals surface area contributed by atoms with E-state index >= 15 is 0 Å². The first-order valence-electron chi connectivity index (χ1n) is 9.78. The van der Waals surface area contributed by atoms with Gasteiger partial charge in [-0.1, -0.05) is 17.3 Å². The van der Waals surface area contributed by atoms with Gasteiger partial charge in [0.15, 0.2) is 28.0 Å². The van der Waals surface area contributed by atoms with E-state index < -0.39 is 15.7 Å². The Morgan fingerprint density at radius 3 is 2.55 bits per heavy atom. The number of oxime groups is 1. The van der Waals surface area contributed by atoms with E-state index in [0.717, 1.165) is 11.5 Å². The Bertz CT molecular complexity index is 1200. The Kier molecular flexibility index (Phi) is 8.52. The van der Waals surface area contributed by atoms with Crippen molar-refractivity contribution in [3.05, 3.63) is 59.9 Å². The second-order valence-corrected chi connectivity index (χ2v) is 9.53. The highest BCUT2D eigenvalue weighted by molar-refractivity contribution is 7.91. The lowest BCUT2D eigenvalue weighted by atomic mass is 10.1. The average molecular weight is 491 g/mol. The Hall–Kier alpha value is -3.29. The van der Waals surface area contributed by atoms with Crippen molar-refractivity contribution < 1.29 is 22.8 Å². The van der Waals surface area contributed by atoms with E-state index in [1.165, 1.54) is 31.4 Å². The molecule has 1 amide bonds. The maximum atomic E-state index is 12.9. The molecule has 2 heterocycles. The van der Waals surface area contributed by atoms with Crippen LogP contribution < -0.4 is 5.32 Å². The van der Waals surface area contributed by atoms with Crippen LogP contribution in [0.15, 0.2) is 52.8 Å². The topological polar surface area (TPSA) is 146 Å². The summed E-state index contributed by atoms with van der Waals surface area (Å²) in [6.45, 7) is 2.00. The van der Waals surface area contributed by atoms with E-state index in [0.29, 0.717) is 35.4 Å². The standard InChI is InChI=1S/C20H22N6O5S2/c1-14-23-20(32-26-14)24-19(27)18(25-31-13-17-21-9-3-10-22-17)15-5-7-16(8-6-15)33(28,29)12-4-11-30-2/h3,5-10H,4,11-13H2,1-2H3,(H,23,24,26,27). The minimum absolute atomic E-state index is 0.0434. The lowest BCUT2D eigenvalue weighted by Crippen LogP contribution is -2.24. The van der Waals surface area contributed by atoms with Crippen LogP contribution >= 0.6 is 11.5 Å². The van der Waals surface area contributed by atoms with Crippen LogP contribution in [0.1, 0.15) is 23.6 Å². The Balaban J connectivity index is 1.81. The molecule has 0 radical (unpaired) electrons. The maximum Gasteiger partial charge on any atom is 0.280 e. The smallest absolute Gasteiger partial charge is 0.280 e.